The number of aromatic nitrogens is 4. The largest absolute Gasteiger partial charge is 0.496 e. The van der Waals surface area contributed by atoms with E-state index in [-0.39, 0.29) is 0 Å². The molecule has 5 rings (SSSR count). The van der Waals surface area contributed by atoms with Crippen LogP contribution in [0.3, 0.4) is 0 Å². The molecule has 7 nitrogen and oxygen atoms in total. The standard InChI is InChI=1S/C26H32N6O/c1-17-11-18(2)29-26(28-17)31-25-15-27-14-23(30-25)19-7-9-32(10-8-19)16-22-12-20-5-4-6-21(20)13-24(22)33-3/h11-15,19H,4-10,16H2,1-3H3,(H,28,29,30,31). The number of anilines is 2. The lowest BCUT2D eigenvalue weighted by Crippen LogP contribution is -2.33. The van der Waals surface area contributed by atoms with Gasteiger partial charge in [0.25, 0.3) is 0 Å². The molecule has 1 aliphatic carbocycles. The van der Waals surface area contributed by atoms with Crippen molar-refractivity contribution in [3.05, 3.63) is 64.4 Å². The second-order valence-corrected chi connectivity index (χ2v) is 9.27. The molecule has 0 amide bonds. The molecule has 1 fully saturated rings. The summed E-state index contributed by atoms with van der Waals surface area (Å²) in [5.41, 5.74) is 7.19. The molecular weight excluding hydrogens is 412 g/mol. The highest BCUT2D eigenvalue weighted by Crippen LogP contribution is 2.33. The van der Waals surface area contributed by atoms with E-state index in [1.807, 2.05) is 26.1 Å². The van der Waals surface area contributed by atoms with Crippen LogP contribution < -0.4 is 10.1 Å². The number of ether oxygens (including phenoxy) is 1. The van der Waals surface area contributed by atoms with E-state index in [0.29, 0.717) is 17.7 Å². The first-order valence-corrected chi connectivity index (χ1v) is 11.9. The fraction of sp³-hybridized carbons (Fsp3) is 0.462. The number of nitrogens with one attached hydrogen (secondary N) is 1. The fourth-order valence-electron chi connectivity index (χ4n) is 5.13. The second-order valence-electron chi connectivity index (χ2n) is 9.27. The average molecular weight is 445 g/mol. The number of aryl methyl sites for hydroxylation is 4. The maximum atomic E-state index is 5.72. The zero-order chi connectivity index (χ0) is 22.8. The molecule has 0 spiro atoms. The van der Waals surface area contributed by atoms with Crippen LogP contribution >= 0.6 is 0 Å². The number of piperidine rings is 1. The second kappa shape index (κ2) is 9.43. The van der Waals surface area contributed by atoms with E-state index < -0.39 is 0 Å². The predicted molar refractivity (Wildman–Crippen MR) is 129 cm³/mol. The summed E-state index contributed by atoms with van der Waals surface area (Å²) in [4.78, 5) is 20.7. The Bertz CT molecular complexity index is 1120. The van der Waals surface area contributed by atoms with Gasteiger partial charge < -0.3 is 10.1 Å². The first kappa shape index (κ1) is 21.8. The van der Waals surface area contributed by atoms with Crippen LogP contribution in [0.5, 0.6) is 5.75 Å². The Morgan fingerprint density at radius 1 is 0.970 bits per heavy atom. The lowest BCUT2D eigenvalue weighted by Gasteiger charge is -2.32. The maximum Gasteiger partial charge on any atom is 0.228 e. The van der Waals surface area contributed by atoms with E-state index in [0.717, 1.165) is 55.3 Å². The number of hydrogen-bond donors (Lipinski definition) is 1. The van der Waals surface area contributed by atoms with Crippen molar-refractivity contribution in [1.29, 1.82) is 0 Å². The van der Waals surface area contributed by atoms with Gasteiger partial charge in [0.2, 0.25) is 5.95 Å². The minimum atomic E-state index is 0.414. The van der Waals surface area contributed by atoms with Crippen LogP contribution in [0.2, 0.25) is 0 Å². The van der Waals surface area contributed by atoms with Crippen LogP contribution in [-0.4, -0.2) is 45.0 Å². The SMILES string of the molecule is COc1cc2c(cc1CN1CCC(c3cncc(Nc4nc(C)cc(C)n4)n3)CC1)CCC2. The van der Waals surface area contributed by atoms with Gasteiger partial charge in [-0.05, 0) is 82.3 Å². The third-order valence-corrected chi connectivity index (χ3v) is 6.77. The van der Waals surface area contributed by atoms with E-state index in [2.05, 4.69) is 37.3 Å². The van der Waals surface area contributed by atoms with E-state index in [9.17, 15) is 0 Å². The Kier molecular flexibility index (Phi) is 6.22. The molecule has 33 heavy (non-hydrogen) atoms. The fourth-order valence-corrected chi connectivity index (χ4v) is 5.13. The molecule has 0 unspecified atom stereocenters. The zero-order valence-electron chi connectivity index (χ0n) is 19.8. The average Bonchev–Trinajstić information content (AvgIpc) is 3.26. The molecular formula is C26H32N6O. The summed E-state index contributed by atoms with van der Waals surface area (Å²) in [7, 11) is 1.79. The topological polar surface area (TPSA) is 76.1 Å². The van der Waals surface area contributed by atoms with Gasteiger partial charge in [-0.15, -0.1) is 0 Å². The molecule has 0 saturated carbocycles. The monoisotopic (exact) mass is 444 g/mol. The number of rotatable bonds is 6. The van der Waals surface area contributed by atoms with Crippen molar-refractivity contribution >= 4 is 11.8 Å². The summed E-state index contributed by atoms with van der Waals surface area (Å²) in [5, 5.41) is 3.22. The van der Waals surface area contributed by atoms with Crippen LogP contribution in [0.25, 0.3) is 0 Å². The smallest absolute Gasteiger partial charge is 0.228 e. The van der Waals surface area contributed by atoms with Crippen LogP contribution in [0.15, 0.2) is 30.6 Å². The van der Waals surface area contributed by atoms with Crippen molar-refractivity contribution in [2.45, 2.75) is 58.4 Å². The van der Waals surface area contributed by atoms with Gasteiger partial charge >= 0.3 is 0 Å². The lowest BCUT2D eigenvalue weighted by molar-refractivity contribution is 0.201. The molecule has 7 heteroatoms. The Morgan fingerprint density at radius 3 is 2.42 bits per heavy atom. The summed E-state index contributed by atoms with van der Waals surface area (Å²) in [6.45, 7) is 6.97. The van der Waals surface area contributed by atoms with Crippen molar-refractivity contribution < 1.29 is 4.74 Å². The van der Waals surface area contributed by atoms with Gasteiger partial charge in [0, 0.05) is 35.6 Å². The minimum Gasteiger partial charge on any atom is -0.496 e. The van der Waals surface area contributed by atoms with Crippen LogP contribution in [0.1, 0.15) is 59.0 Å². The quantitative estimate of drug-likeness (QED) is 0.600. The molecule has 0 radical (unpaired) electrons. The van der Waals surface area contributed by atoms with E-state index in [1.165, 1.54) is 36.0 Å². The van der Waals surface area contributed by atoms with Gasteiger partial charge in [-0.1, -0.05) is 6.07 Å². The summed E-state index contributed by atoms with van der Waals surface area (Å²) in [5.74, 6) is 2.72. The van der Waals surface area contributed by atoms with Gasteiger partial charge in [0.05, 0.1) is 19.0 Å². The molecule has 2 aromatic heterocycles. The van der Waals surface area contributed by atoms with Crippen LogP contribution in [0.4, 0.5) is 11.8 Å². The molecule has 0 bridgehead atoms. The predicted octanol–water partition coefficient (Wildman–Crippen LogP) is 4.50. The van der Waals surface area contributed by atoms with Crippen molar-refractivity contribution in [1.82, 2.24) is 24.8 Å². The summed E-state index contributed by atoms with van der Waals surface area (Å²) in [6, 6.07) is 6.60. The molecule has 1 saturated heterocycles. The summed E-state index contributed by atoms with van der Waals surface area (Å²) < 4.78 is 5.72. The van der Waals surface area contributed by atoms with Gasteiger partial charge in [-0.3, -0.25) is 9.88 Å². The molecule has 3 heterocycles. The van der Waals surface area contributed by atoms with Crippen molar-refractivity contribution in [3.63, 3.8) is 0 Å². The van der Waals surface area contributed by atoms with Gasteiger partial charge in [0.1, 0.15) is 5.75 Å². The van der Waals surface area contributed by atoms with E-state index in [4.69, 9.17) is 9.72 Å². The van der Waals surface area contributed by atoms with E-state index in [1.54, 1.807) is 13.3 Å². The molecule has 1 aliphatic heterocycles. The molecule has 1 aromatic carbocycles. The summed E-state index contributed by atoms with van der Waals surface area (Å²) >= 11 is 0. The molecule has 0 atom stereocenters. The molecule has 172 valence electrons. The maximum absolute atomic E-state index is 5.72. The van der Waals surface area contributed by atoms with E-state index >= 15 is 0 Å². The van der Waals surface area contributed by atoms with Crippen LogP contribution in [0, 0.1) is 13.8 Å². The number of hydrogen-bond acceptors (Lipinski definition) is 7. The third-order valence-electron chi connectivity index (χ3n) is 6.77. The number of benzene rings is 1. The Balaban J connectivity index is 1.22. The lowest BCUT2D eigenvalue weighted by atomic mass is 9.93. The molecule has 3 aromatic rings. The van der Waals surface area contributed by atoms with Gasteiger partial charge in [-0.2, -0.15) is 0 Å². The number of nitrogens with zero attached hydrogens (tertiary/aromatic N) is 5. The number of methoxy groups -OCH3 is 1. The highest BCUT2D eigenvalue weighted by atomic mass is 16.5. The van der Waals surface area contributed by atoms with Crippen molar-refractivity contribution in [2.75, 3.05) is 25.5 Å². The third kappa shape index (κ3) is 4.98. The highest BCUT2D eigenvalue weighted by Gasteiger charge is 2.24. The molecule has 1 N–H and O–H groups in total. The normalized spacial score (nSPS) is 16.6. The Morgan fingerprint density at radius 2 is 1.70 bits per heavy atom. The molecule has 2 aliphatic rings. The summed E-state index contributed by atoms with van der Waals surface area (Å²) in [6.07, 6.45) is 9.43. The minimum absolute atomic E-state index is 0.414. The van der Waals surface area contributed by atoms with Crippen molar-refractivity contribution in [3.8, 4) is 5.75 Å². The first-order valence-electron chi connectivity index (χ1n) is 11.9. The van der Waals surface area contributed by atoms with Crippen LogP contribution in [-0.2, 0) is 19.4 Å². The van der Waals surface area contributed by atoms with Crippen molar-refractivity contribution in [2.24, 2.45) is 0 Å². The first-order chi connectivity index (χ1) is 16.1. The van der Waals surface area contributed by atoms with Gasteiger partial charge in [-0.25, -0.2) is 15.0 Å². The Hall–Kier alpha value is -3.06. The van der Waals surface area contributed by atoms with Gasteiger partial charge in [0.15, 0.2) is 5.82 Å². The number of fused-ring (bicyclic) bond motifs is 1. The Labute approximate surface area is 195 Å². The zero-order valence-corrected chi connectivity index (χ0v) is 19.8. The number of likely N-dealkylation sites (tertiary alicyclic amines) is 1. The highest BCUT2D eigenvalue weighted by molar-refractivity contribution is 5.47.